The Balaban J connectivity index is 1.94. The zero-order valence-corrected chi connectivity index (χ0v) is 11.8. The average molecular weight is 280 g/mol. The van der Waals surface area contributed by atoms with Crippen molar-refractivity contribution in [3.63, 3.8) is 0 Å². The summed E-state index contributed by atoms with van der Waals surface area (Å²) in [5.41, 5.74) is 0.426. The summed E-state index contributed by atoms with van der Waals surface area (Å²) in [7, 11) is 1.69. The van der Waals surface area contributed by atoms with Gasteiger partial charge in [-0.15, -0.1) is 0 Å². The molecular weight excluding hydrogens is 259 g/mol. The van der Waals surface area contributed by atoms with Crippen LogP contribution in [0.3, 0.4) is 0 Å². The van der Waals surface area contributed by atoms with Crippen LogP contribution in [0.15, 0.2) is 24.3 Å². The number of amides is 1. The monoisotopic (exact) mass is 280 g/mol. The number of carbonyl (C=O) groups excluding carboxylic acids is 1. The lowest BCUT2D eigenvalue weighted by Gasteiger charge is -2.21. The van der Waals surface area contributed by atoms with Crippen LogP contribution in [-0.2, 0) is 4.74 Å². The van der Waals surface area contributed by atoms with Crippen LogP contribution in [0.2, 0.25) is 0 Å². The van der Waals surface area contributed by atoms with Crippen molar-refractivity contribution in [1.82, 2.24) is 9.80 Å². The Morgan fingerprint density at radius 1 is 1.30 bits per heavy atom. The Morgan fingerprint density at radius 2 is 2.15 bits per heavy atom. The number of halogens is 1. The second-order valence-electron chi connectivity index (χ2n) is 4.99. The molecule has 0 atom stereocenters. The van der Waals surface area contributed by atoms with E-state index in [1.54, 1.807) is 19.2 Å². The Kier molecular flexibility index (Phi) is 5.49. The fourth-order valence-corrected chi connectivity index (χ4v) is 2.42. The van der Waals surface area contributed by atoms with Crippen molar-refractivity contribution in [1.29, 1.82) is 0 Å². The maximum atomic E-state index is 13.2. The van der Waals surface area contributed by atoms with Crippen molar-refractivity contribution in [2.24, 2.45) is 0 Å². The predicted octanol–water partition coefficient (Wildman–Crippen LogP) is 1.62. The van der Waals surface area contributed by atoms with E-state index in [1.165, 1.54) is 12.1 Å². The molecule has 2 rings (SSSR count). The number of nitrogens with zero attached hydrogens (tertiary/aromatic N) is 2. The number of rotatable bonds is 4. The Hall–Kier alpha value is -1.46. The van der Waals surface area contributed by atoms with Gasteiger partial charge in [-0.3, -0.25) is 9.69 Å². The molecule has 1 aromatic rings. The van der Waals surface area contributed by atoms with Gasteiger partial charge in [-0.1, -0.05) is 6.07 Å². The van der Waals surface area contributed by atoms with Crippen molar-refractivity contribution in [2.45, 2.75) is 6.42 Å². The van der Waals surface area contributed by atoms with E-state index in [2.05, 4.69) is 4.90 Å². The van der Waals surface area contributed by atoms with Crippen molar-refractivity contribution in [2.75, 3.05) is 46.4 Å². The highest BCUT2D eigenvalue weighted by molar-refractivity contribution is 5.94. The maximum absolute atomic E-state index is 13.2. The summed E-state index contributed by atoms with van der Waals surface area (Å²) >= 11 is 0. The minimum absolute atomic E-state index is 0.0851. The molecule has 0 radical (unpaired) electrons. The van der Waals surface area contributed by atoms with E-state index < -0.39 is 0 Å². The lowest BCUT2D eigenvalue weighted by Crippen LogP contribution is -2.36. The number of hydrogen-bond acceptors (Lipinski definition) is 3. The summed E-state index contributed by atoms with van der Waals surface area (Å²) in [5, 5.41) is 0. The summed E-state index contributed by atoms with van der Waals surface area (Å²) < 4.78 is 18.3. The van der Waals surface area contributed by atoms with Gasteiger partial charge < -0.3 is 9.64 Å². The molecule has 110 valence electrons. The smallest absolute Gasteiger partial charge is 0.254 e. The van der Waals surface area contributed by atoms with Crippen LogP contribution in [0, 0.1) is 5.82 Å². The summed E-state index contributed by atoms with van der Waals surface area (Å²) in [6.07, 6.45) is 0.935. The Morgan fingerprint density at radius 3 is 2.90 bits per heavy atom. The van der Waals surface area contributed by atoms with Gasteiger partial charge in [-0.25, -0.2) is 4.39 Å². The van der Waals surface area contributed by atoms with Gasteiger partial charge in [0.1, 0.15) is 5.82 Å². The molecular formula is C15H21FN2O2. The largest absolute Gasteiger partial charge is 0.383 e. The van der Waals surface area contributed by atoms with E-state index in [0.29, 0.717) is 18.7 Å². The number of hydrogen-bond donors (Lipinski definition) is 0. The molecule has 1 fully saturated rings. The number of carbonyl (C=O) groups is 1. The molecule has 1 saturated heterocycles. The molecule has 1 aliphatic heterocycles. The SMILES string of the molecule is COCCN1CCCN(C(=O)c2cccc(F)c2)CC1. The highest BCUT2D eigenvalue weighted by Gasteiger charge is 2.20. The van der Waals surface area contributed by atoms with Crippen molar-refractivity contribution in [3.8, 4) is 0 Å². The van der Waals surface area contributed by atoms with Gasteiger partial charge in [0, 0.05) is 38.9 Å². The van der Waals surface area contributed by atoms with Crippen LogP contribution in [0.1, 0.15) is 16.8 Å². The van der Waals surface area contributed by atoms with E-state index in [9.17, 15) is 9.18 Å². The minimum Gasteiger partial charge on any atom is -0.383 e. The molecule has 0 saturated carbocycles. The number of benzene rings is 1. The third-order valence-electron chi connectivity index (χ3n) is 3.56. The van der Waals surface area contributed by atoms with Gasteiger partial charge in [0.15, 0.2) is 0 Å². The molecule has 0 spiro atoms. The molecule has 5 heteroatoms. The van der Waals surface area contributed by atoms with Crippen molar-refractivity contribution >= 4 is 5.91 Å². The molecule has 20 heavy (non-hydrogen) atoms. The normalized spacial score (nSPS) is 17.0. The average Bonchev–Trinajstić information content (AvgIpc) is 2.70. The second kappa shape index (κ2) is 7.36. The predicted molar refractivity (Wildman–Crippen MR) is 75.2 cm³/mol. The van der Waals surface area contributed by atoms with Crippen LogP contribution < -0.4 is 0 Å². The number of ether oxygens (including phenoxy) is 1. The van der Waals surface area contributed by atoms with E-state index in [-0.39, 0.29) is 11.7 Å². The van der Waals surface area contributed by atoms with Gasteiger partial charge in [0.25, 0.3) is 5.91 Å². The molecule has 0 N–H and O–H groups in total. The summed E-state index contributed by atoms with van der Waals surface area (Å²) in [4.78, 5) is 16.4. The molecule has 0 aliphatic carbocycles. The summed E-state index contributed by atoms with van der Waals surface area (Å²) in [6.45, 7) is 4.80. The fraction of sp³-hybridized carbons (Fsp3) is 0.533. The molecule has 4 nitrogen and oxygen atoms in total. The zero-order chi connectivity index (χ0) is 14.4. The van der Waals surface area contributed by atoms with Crippen molar-refractivity contribution < 1.29 is 13.9 Å². The van der Waals surface area contributed by atoms with Crippen LogP contribution in [0.5, 0.6) is 0 Å². The van der Waals surface area contributed by atoms with E-state index in [1.807, 2.05) is 4.90 Å². The Bertz CT molecular complexity index is 453. The first kappa shape index (κ1) is 14.9. The molecule has 1 heterocycles. The van der Waals surface area contributed by atoms with Crippen molar-refractivity contribution in [3.05, 3.63) is 35.6 Å². The highest BCUT2D eigenvalue weighted by atomic mass is 19.1. The van der Waals surface area contributed by atoms with Gasteiger partial charge in [0.2, 0.25) is 0 Å². The number of methoxy groups -OCH3 is 1. The molecule has 0 aromatic heterocycles. The van der Waals surface area contributed by atoms with Crippen LogP contribution in [0.25, 0.3) is 0 Å². The second-order valence-corrected chi connectivity index (χ2v) is 4.99. The first-order valence-corrected chi connectivity index (χ1v) is 6.97. The van der Waals surface area contributed by atoms with Crippen LogP contribution in [0.4, 0.5) is 4.39 Å². The highest BCUT2D eigenvalue weighted by Crippen LogP contribution is 2.10. The molecule has 1 aromatic carbocycles. The fourth-order valence-electron chi connectivity index (χ4n) is 2.42. The molecule has 0 bridgehead atoms. The lowest BCUT2D eigenvalue weighted by molar-refractivity contribution is 0.0758. The van der Waals surface area contributed by atoms with E-state index in [0.717, 1.165) is 32.6 Å². The minimum atomic E-state index is -0.368. The van der Waals surface area contributed by atoms with E-state index in [4.69, 9.17) is 4.74 Å². The molecule has 1 amide bonds. The van der Waals surface area contributed by atoms with Gasteiger partial charge in [-0.05, 0) is 31.2 Å². The zero-order valence-electron chi connectivity index (χ0n) is 11.8. The first-order valence-electron chi connectivity index (χ1n) is 6.97. The third kappa shape index (κ3) is 4.02. The Labute approximate surface area is 119 Å². The van der Waals surface area contributed by atoms with E-state index >= 15 is 0 Å². The standard InChI is InChI=1S/C15H21FN2O2/c1-20-11-10-17-6-3-7-18(9-8-17)15(19)13-4-2-5-14(16)12-13/h2,4-5,12H,3,6-11H2,1H3. The summed E-state index contributed by atoms with van der Waals surface area (Å²) in [6, 6.07) is 5.89. The van der Waals surface area contributed by atoms with Crippen LogP contribution in [-0.4, -0.2) is 62.1 Å². The summed E-state index contributed by atoms with van der Waals surface area (Å²) in [5.74, 6) is -0.453. The van der Waals surface area contributed by atoms with Crippen LogP contribution >= 0.6 is 0 Å². The lowest BCUT2D eigenvalue weighted by atomic mass is 10.2. The maximum Gasteiger partial charge on any atom is 0.254 e. The van der Waals surface area contributed by atoms with Gasteiger partial charge in [0.05, 0.1) is 6.61 Å². The van der Waals surface area contributed by atoms with Gasteiger partial charge >= 0.3 is 0 Å². The molecule has 1 aliphatic rings. The van der Waals surface area contributed by atoms with Gasteiger partial charge in [-0.2, -0.15) is 0 Å². The quantitative estimate of drug-likeness (QED) is 0.840. The third-order valence-corrected chi connectivity index (χ3v) is 3.56. The first-order chi connectivity index (χ1) is 9.70. The molecule has 0 unspecified atom stereocenters. The topological polar surface area (TPSA) is 32.8 Å².